The summed E-state index contributed by atoms with van der Waals surface area (Å²) in [5.74, 6) is -1.22. The first-order valence-electron chi connectivity index (χ1n) is 8.28. The number of hydrogen-bond donors (Lipinski definition) is 2. The van der Waals surface area contributed by atoms with Gasteiger partial charge in [0.05, 0.1) is 0 Å². The number of hydrogen-bond acceptors (Lipinski definition) is 2. The molecule has 0 atom stereocenters. The predicted octanol–water partition coefficient (Wildman–Crippen LogP) is 5.42. The molecular weight excluding hydrogens is 317 g/mol. The Labute approximate surface area is 148 Å². The summed E-state index contributed by atoms with van der Waals surface area (Å²) in [5, 5.41) is 12.2. The normalized spacial score (nSPS) is 11.7. The van der Waals surface area contributed by atoms with E-state index < -0.39 is 5.97 Å². The van der Waals surface area contributed by atoms with Crippen molar-refractivity contribution in [2.24, 2.45) is 0 Å². The molecule has 4 heteroatoms. The van der Waals surface area contributed by atoms with Gasteiger partial charge in [-0.05, 0) is 81.1 Å². The Kier molecular flexibility index (Phi) is 5.62. The van der Waals surface area contributed by atoms with Crippen LogP contribution in [0.3, 0.4) is 0 Å². The molecule has 0 aromatic heterocycles. The maximum atomic E-state index is 14.6. The molecule has 0 fully saturated rings. The minimum absolute atomic E-state index is 0.234. The van der Waals surface area contributed by atoms with Crippen LogP contribution in [0, 0.1) is 19.7 Å². The molecule has 0 aliphatic heterocycles. The van der Waals surface area contributed by atoms with Gasteiger partial charge in [-0.2, -0.15) is 0 Å². The molecule has 0 radical (unpaired) electrons. The molecule has 2 rings (SSSR count). The second-order valence-electron chi connectivity index (χ2n) is 6.65. The molecule has 0 saturated heterocycles. The smallest absolute Gasteiger partial charge is 0.331 e. The minimum Gasteiger partial charge on any atom is -0.478 e. The highest BCUT2D eigenvalue weighted by atomic mass is 19.1. The van der Waals surface area contributed by atoms with Crippen molar-refractivity contribution < 1.29 is 14.3 Å². The van der Waals surface area contributed by atoms with Crippen molar-refractivity contribution in [1.82, 2.24) is 0 Å². The zero-order chi connectivity index (χ0) is 18.7. The van der Waals surface area contributed by atoms with Gasteiger partial charge >= 0.3 is 5.97 Å². The van der Waals surface area contributed by atoms with Crippen molar-refractivity contribution in [3.8, 4) is 11.1 Å². The summed E-state index contributed by atoms with van der Waals surface area (Å²) in [6.07, 6.45) is 1.64. The molecule has 2 aromatic carbocycles. The number of carboxylic acid groups (broad SMARTS) is 1. The number of rotatable bonds is 5. The maximum absolute atomic E-state index is 14.6. The summed E-state index contributed by atoms with van der Waals surface area (Å²) in [4.78, 5) is 11.0. The molecule has 0 heterocycles. The van der Waals surface area contributed by atoms with Gasteiger partial charge < -0.3 is 10.4 Å². The van der Waals surface area contributed by atoms with Crippen LogP contribution < -0.4 is 5.32 Å². The molecule has 0 aliphatic rings. The Hall–Kier alpha value is -2.62. The average Bonchev–Trinajstić information content (AvgIpc) is 2.50. The number of aryl methyl sites for hydroxylation is 2. The van der Waals surface area contributed by atoms with E-state index in [2.05, 4.69) is 5.32 Å². The van der Waals surface area contributed by atoms with Crippen LogP contribution in [-0.4, -0.2) is 17.1 Å². The van der Waals surface area contributed by atoms with Gasteiger partial charge in [-0.1, -0.05) is 12.1 Å². The largest absolute Gasteiger partial charge is 0.478 e. The summed E-state index contributed by atoms with van der Waals surface area (Å²) >= 11 is 0. The van der Waals surface area contributed by atoms with Crippen LogP contribution in [-0.2, 0) is 4.79 Å². The molecule has 25 heavy (non-hydrogen) atoms. The van der Waals surface area contributed by atoms with Crippen molar-refractivity contribution >= 4 is 17.7 Å². The van der Waals surface area contributed by atoms with Crippen LogP contribution in [0.15, 0.2) is 35.9 Å². The molecule has 2 N–H and O–H groups in total. The zero-order valence-electron chi connectivity index (χ0n) is 15.3. The molecule has 0 spiro atoms. The molecule has 132 valence electrons. The van der Waals surface area contributed by atoms with E-state index in [9.17, 15) is 9.18 Å². The first-order chi connectivity index (χ1) is 11.7. The Morgan fingerprint density at radius 1 is 1.12 bits per heavy atom. The van der Waals surface area contributed by atoms with Gasteiger partial charge in [-0.25, -0.2) is 9.18 Å². The lowest BCUT2D eigenvalue weighted by molar-refractivity contribution is -0.132. The molecule has 3 nitrogen and oxygen atoms in total. The Morgan fingerprint density at radius 3 is 2.36 bits per heavy atom. The van der Waals surface area contributed by atoms with Gasteiger partial charge in [0.15, 0.2) is 0 Å². The fourth-order valence-corrected chi connectivity index (χ4v) is 2.74. The number of halogens is 1. The Balaban J connectivity index is 2.46. The van der Waals surface area contributed by atoms with E-state index >= 15 is 0 Å². The molecule has 0 saturated carbocycles. The summed E-state index contributed by atoms with van der Waals surface area (Å²) in [7, 11) is 0. The molecule has 0 unspecified atom stereocenters. The van der Waals surface area contributed by atoms with E-state index in [-0.39, 0.29) is 17.4 Å². The molecular formula is C21H24FNO2. The van der Waals surface area contributed by atoms with Crippen LogP contribution in [0.4, 0.5) is 10.1 Å². The third kappa shape index (κ3) is 4.47. The van der Waals surface area contributed by atoms with Crippen LogP contribution in [0.1, 0.15) is 37.5 Å². The molecule has 2 aromatic rings. The van der Waals surface area contributed by atoms with Gasteiger partial charge in [-0.3, -0.25) is 0 Å². The molecule has 0 bridgehead atoms. The van der Waals surface area contributed by atoms with Gasteiger partial charge in [0, 0.05) is 22.9 Å². The highest BCUT2D eigenvalue weighted by Crippen LogP contribution is 2.31. The van der Waals surface area contributed by atoms with E-state index in [4.69, 9.17) is 5.11 Å². The van der Waals surface area contributed by atoms with Crippen molar-refractivity contribution in [3.63, 3.8) is 0 Å². The van der Waals surface area contributed by atoms with Crippen molar-refractivity contribution in [2.45, 2.75) is 40.7 Å². The Morgan fingerprint density at radius 2 is 1.80 bits per heavy atom. The summed E-state index contributed by atoms with van der Waals surface area (Å²) in [6.45, 7) is 9.37. The second-order valence-corrected chi connectivity index (χ2v) is 6.65. The fourth-order valence-electron chi connectivity index (χ4n) is 2.74. The molecule has 0 aliphatic carbocycles. The van der Waals surface area contributed by atoms with E-state index in [1.165, 1.54) is 6.07 Å². The van der Waals surface area contributed by atoms with E-state index in [1.807, 2.05) is 45.9 Å². The van der Waals surface area contributed by atoms with Crippen LogP contribution in [0.2, 0.25) is 0 Å². The van der Waals surface area contributed by atoms with Crippen LogP contribution in [0.25, 0.3) is 17.2 Å². The monoisotopic (exact) mass is 341 g/mol. The zero-order valence-corrected chi connectivity index (χ0v) is 15.3. The summed E-state index contributed by atoms with van der Waals surface area (Å²) < 4.78 is 14.6. The SMILES string of the molecule is C/C(=C\c1cc(C)c(-c2ccc(NC(C)C)cc2F)cc1C)C(=O)O. The van der Waals surface area contributed by atoms with Gasteiger partial charge in [0.2, 0.25) is 0 Å². The standard InChI is InChI=1S/C21H24FNO2/c1-12(2)23-17-6-7-18(20(22)11-17)19-10-13(3)16(8-14(19)4)9-15(5)21(24)25/h6-12,23H,1-5H3,(H,24,25)/b15-9+. The first-order valence-corrected chi connectivity index (χ1v) is 8.28. The third-order valence-corrected chi connectivity index (χ3v) is 4.04. The predicted molar refractivity (Wildman–Crippen MR) is 101 cm³/mol. The highest BCUT2D eigenvalue weighted by molar-refractivity contribution is 5.92. The number of aliphatic carboxylic acids is 1. The lowest BCUT2D eigenvalue weighted by Gasteiger charge is -2.14. The van der Waals surface area contributed by atoms with Crippen molar-refractivity contribution in [2.75, 3.05) is 5.32 Å². The maximum Gasteiger partial charge on any atom is 0.331 e. The lowest BCUT2D eigenvalue weighted by atomic mass is 9.93. The topological polar surface area (TPSA) is 49.3 Å². The minimum atomic E-state index is -0.944. The quantitative estimate of drug-likeness (QED) is 0.714. The van der Waals surface area contributed by atoms with Crippen molar-refractivity contribution in [3.05, 3.63) is 58.4 Å². The number of carboxylic acids is 1. The van der Waals surface area contributed by atoms with Gasteiger partial charge in [0.25, 0.3) is 0 Å². The number of carbonyl (C=O) groups is 1. The van der Waals surface area contributed by atoms with Gasteiger partial charge in [-0.15, -0.1) is 0 Å². The Bertz CT molecular complexity index is 838. The van der Waals surface area contributed by atoms with E-state index in [0.29, 0.717) is 5.56 Å². The second kappa shape index (κ2) is 7.51. The van der Waals surface area contributed by atoms with E-state index in [0.717, 1.165) is 27.9 Å². The molecule has 0 amide bonds. The fraction of sp³-hybridized carbons (Fsp3) is 0.286. The third-order valence-electron chi connectivity index (χ3n) is 4.04. The summed E-state index contributed by atoms with van der Waals surface area (Å²) in [6, 6.07) is 9.20. The van der Waals surface area contributed by atoms with Crippen LogP contribution >= 0.6 is 0 Å². The highest BCUT2D eigenvalue weighted by Gasteiger charge is 2.12. The number of anilines is 1. The number of benzene rings is 2. The lowest BCUT2D eigenvalue weighted by Crippen LogP contribution is -2.09. The van der Waals surface area contributed by atoms with Crippen molar-refractivity contribution in [1.29, 1.82) is 0 Å². The number of nitrogens with one attached hydrogen (secondary N) is 1. The van der Waals surface area contributed by atoms with Gasteiger partial charge in [0.1, 0.15) is 5.82 Å². The van der Waals surface area contributed by atoms with Crippen LogP contribution in [0.5, 0.6) is 0 Å². The van der Waals surface area contributed by atoms with E-state index in [1.54, 1.807) is 19.1 Å². The summed E-state index contributed by atoms with van der Waals surface area (Å²) in [5.41, 5.74) is 5.02. The first kappa shape index (κ1) is 18.7. The average molecular weight is 341 g/mol.